The van der Waals surface area contributed by atoms with Crippen LogP contribution in [0.25, 0.3) is 17.2 Å². The van der Waals surface area contributed by atoms with Crippen LogP contribution in [0, 0.1) is 6.92 Å². The molecule has 0 atom stereocenters. The van der Waals surface area contributed by atoms with Gasteiger partial charge in [0.2, 0.25) is 17.6 Å². The fraction of sp³-hybridized carbons (Fsp3) is 0.167. The van der Waals surface area contributed by atoms with Gasteiger partial charge in [0, 0.05) is 23.1 Å². The molecule has 10 heteroatoms. The summed E-state index contributed by atoms with van der Waals surface area (Å²) in [6, 6.07) is 14.6. The highest BCUT2D eigenvalue weighted by atomic mass is 19.4. The molecule has 0 saturated carbocycles. The monoisotopic (exact) mass is 464 g/mol. The number of imidazole rings is 1. The lowest BCUT2D eigenvalue weighted by Gasteiger charge is -2.09. The summed E-state index contributed by atoms with van der Waals surface area (Å²) in [6.45, 7) is 1.85. The quantitative estimate of drug-likeness (QED) is 0.351. The lowest BCUT2D eigenvalue weighted by Crippen LogP contribution is -2.06. The summed E-state index contributed by atoms with van der Waals surface area (Å²) in [7, 11) is 0. The fourth-order valence-electron chi connectivity index (χ4n) is 3.53. The summed E-state index contributed by atoms with van der Waals surface area (Å²) >= 11 is 0. The van der Waals surface area contributed by atoms with Crippen molar-refractivity contribution in [2.24, 2.45) is 0 Å². The van der Waals surface area contributed by atoms with E-state index in [-0.39, 0.29) is 0 Å². The Morgan fingerprint density at radius 1 is 1.00 bits per heavy atom. The lowest BCUT2D eigenvalue weighted by atomic mass is 10.0. The van der Waals surface area contributed by atoms with Crippen molar-refractivity contribution in [1.29, 1.82) is 0 Å². The van der Waals surface area contributed by atoms with Gasteiger partial charge < -0.3 is 9.73 Å². The van der Waals surface area contributed by atoms with Gasteiger partial charge in [0.15, 0.2) is 0 Å². The van der Waals surface area contributed by atoms with Crippen LogP contribution >= 0.6 is 0 Å². The normalized spacial score (nSPS) is 11.8. The molecule has 0 aliphatic carbocycles. The van der Waals surface area contributed by atoms with Crippen molar-refractivity contribution in [2.75, 3.05) is 5.32 Å². The third-order valence-electron chi connectivity index (χ3n) is 5.29. The predicted molar refractivity (Wildman–Crippen MR) is 120 cm³/mol. The van der Waals surface area contributed by atoms with Gasteiger partial charge in [0.25, 0.3) is 0 Å². The zero-order valence-corrected chi connectivity index (χ0v) is 18.0. The molecule has 0 fully saturated rings. The van der Waals surface area contributed by atoms with E-state index in [0.29, 0.717) is 36.0 Å². The van der Waals surface area contributed by atoms with Crippen molar-refractivity contribution in [3.8, 4) is 11.5 Å². The zero-order valence-electron chi connectivity index (χ0n) is 18.0. The number of rotatable bonds is 6. The standard InChI is InChI=1S/C24H19F3N6O/c1-15-29-14-21-33(15)32-22(34-21)17-6-9-19(10-7-17)30-23-28-12-11-20(31-23)8-5-16-3-2-4-18(13-16)24(25,26)27/h2-4,6-7,9-14H,5,8H2,1H3,(H,28,30,31). The summed E-state index contributed by atoms with van der Waals surface area (Å²) < 4.78 is 46.1. The maximum atomic E-state index is 12.9. The number of alkyl halides is 3. The molecular formula is C24H19F3N6O. The van der Waals surface area contributed by atoms with Crippen molar-refractivity contribution >= 4 is 17.3 Å². The number of fused-ring (bicyclic) bond motifs is 1. The van der Waals surface area contributed by atoms with Crippen molar-refractivity contribution < 1.29 is 17.6 Å². The largest absolute Gasteiger partial charge is 0.417 e. The molecule has 0 aliphatic heterocycles. The van der Waals surface area contributed by atoms with E-state index in [1.807, 2.05) is 31.2 Å². The molecule has 2 aromatic carbocycles. The van der Waals surface area contributed by atoms with Crippen LogP contribution < -0.4 is 5.32 Å². The van der Waals surface area contributed by atoms with Crippen molar-refractivity contribution in [1.82, 2.24) is 24.6 Å². The maximum Gasteiger partial charge on any atom is 0.416 e. The highest BCUT2D eigenvalue weighted by Gasteiger charge is 2.30. The van der Waals surface area contributed by atoms with E-state index < -0.39 is 11.7 Å². The predicted octanol–water partition coefficient (Wildman–Crippen LogP) is 5.64. The number of anilines is 2. The van der Waals surface area contributed by atoms with Gasteiger partial charge in [-0.15, -0.1) is 5.10 Å². The second-order valence-electron chi connectivity index (χ2n) is 7.73. The minimum atomic E-state index is -4.35. The number of nitrogens with zero attached hydrogens (tertiary/aromatic N) is 5. The van der Waals surface area contributed by atoms with Crippen LogP contribution in [0.3, 0.4) is 0 Å². The topological polar surface area (TPSA) is 81.1 Å². The third kappa shape index (κ3) is 4.61. The zero-order chi connectivity index (χ0) is 23.7. The number of hydrogen-bond donors (Lipinski definition) is 1. The van der Waals surface area contributed by atoms with Gasteiger partial charge in [-0.25, -0.2) is 15.0 Å². The van der Waals surface area contributed by atoms with E-state index in [1.165, 1.54) is 12.1 Å². The number of aromatic nitrogens is 5. The summed E-state index contributed by atoms with van der Waals surface area (Å²) in [4.78, 5) is 12.9. The minimum absolute atomic E-state index is 0.404. The Labute approximate surface area is 192 Å². The summed E-state index contributed by atoms with van der Waals surface area (Å²) in [6.07, 6.45) is -0.177. The lowest BCUT2D eigenvalue weighted by molar-refractivity contribution is -0.137. The van der Waals surface area contributed by atoms with Gasteiger partial charge in [-0.1, -0.05) is 18.2 Å². The number of hydrogen-bond acceptors (Lipinski definition) is 6. The smallest absolute Gasteiger partial charge is 0.416 e. The molecule has 0 unspecified atom stereocenters. The Balaban J connectivity index is 1.25. The molecule has 5 rings (SSSR count). The van der Waals surface area contributed by atoms with E-state index in [2.05, 4.69) is 25.4 Å². The van der Waals surface area contributed by atoms with E-state index in [1.54, 1.807) is 29.0 Å². The molecule has 7 nitrogen and oxygen atoms in total. The number of halogens is 3. The van der Waals surface area contributed by atoms with E-state index >= 15 is 0 Å². The number of benzene rings is 2. The molecule has 172 valence electrons. The molecule has 34 heavy (non-hydrogen) atoms. The summed E-state index contributed by atoms with van der Waals surface area (Å²) in [5, 5.41) is 7.56. The van der Waals surface area contributed by atoms with Gasteiger partial charge in [-0.2, -0.15) is 17.7 Å². The molecule has 0 amide bonds. The van der Waals surface area contributed by atoms with Crippen LogP contribution in [0.4, 0.5) is 24.8 Å². The maximum absolute atomic E-state index is 12.9. The van der Waals surface area contributed by atoms with Crippen molar-refractivity contribution in [3.63, 3.8) is 0 Å². The van der Waals surface area contributed by atoms with Crippen LogP contribution in [0.2, 0.25) is 0 Å². The Hall–Kier alpha value is -4.21. The van der Waals surface area contributed by atoms with Crippen molar-refractivity contribution in [3.05, 3.63) is 89.6 Å². The first-order chi connectivity index (χ1) is 16.3. The first-order valence-electron chi connectivity index (χ1n) is 10.5. The molecule has 0 saturated heterocycles. The van der Waals surface area contributed by atoms with Crippen LogP contribution in [0.1, 0.15) is 22.6 Å². The Bertz CT molecular complexity index is 1440. The van der Waals surface area contributed by atoms with E-state index in [9.17, 15) is 13.2 Å². The molecular weight excluding hydrogens is 445 g/mol. The van der Waals surface area contributed by atoms with Gasteiger partial charge in [0.1, 0.15) is 5.82 Å². The first-order valence-corrected chi connectivity index (χ1v) is 10.5. The average molecular weight is 464 g/mol. The molecule has 1 N–H and O–H groups in total. The Morgan fingerprint density at radius 2 is 1.82 bits per heavy atom. The molecule has 0 aliphatic rings. The SMILES string of the molecule is Cc1ncc2oc(-c3ccc(Nc4nccc(CCc5cccc(C(F)(F)F)c5)n4)cc3)nn12. The Kier molecular flexibility index (Phi) is 5.48. The van der Waals surface area contributed by atoms with E-state index in [0.717, 1.165) is 28.8 Å². The molecule has 0 bridgehead atoms. The van der Waals surface area contributed by atoms with Gasteiger partial charge >= 0.3 is 6.18 Å². The van der Waals surface area contributed by atoms with Gasteiger partial charge in [0.05, 0.1) is 11.8 Å². The molecule has 5 aromatic rings. The Morgan fingerprint density at radius 3 is 2.59 bits per heavy atom. The summed E-state index contributed by atoms with van der Waals surface area (Å²) in [5.74, 6) is 1.63. The average Bonchev–Trinajstić information content (AvgIpc) is 3.40. The molecule has 3 heterocycles. The van der Waals surface area contributed by atoms with Crippen molar-refractivity contribution in [2.45, 2.75) is 25.9 Å². The highest BCUT2D eigenvalue weighted by molar-refractivity contribution is 5.62. The van der Waals surface area contributed by atoms with Crippen LogP contribution in [-0.2, 0) is 19.0 Å². The second-order valence-corrected chi connectivity index (χ2v) is 7.73. The van der Waals surface area contributed by atoms with E-state index in [4.69, 9.17) is 4.42 Å². The highest BCUT2D eigenvalue weighted by Crippen LogP contribution is 2.30. The van der Waals surface area contributed by atoms with Gasteiger partial charge in [-0.3, -0.25) is 0 Å². The third-order valence-corrected chi connectivity index (χ3v) is 5.29. The summed E-state index contributed by atoms with van der Waals surface area (Å²) in [5.41, 5.74) is 2.84. The molecule has 0 radical (unpaired) electrons. The number of aryl methyl sites for hydroxylation is 3. The second kappa shape index (κ2) is 8.62. The van der Waals surface area contributed by atoms with Crippen LogP contribution in [0.5, 0.6) is 0 Å². The van der Waals surface area contributed by atoms with Gasteiger partial charge in [-0.05, 0) is 61.7 Å². The fourth-order valence-corrected chi connectivity index (χ4v) is 3.53. The number of nitrogens with one attached hydrogen (secondary N) is 1. The van der Waals surface area contributed by atoms with Crippen LogP contribution in [0.15, 0.2) is 71.4 Å². The minimum Gasteiger partial charge on any atom is -0.417 e. The molecule has 0 spiro atoms. The molecule has 3 aromatic heterocycles. The first kappa shape index (κ1) is 21.6. The van der Waals surface area contributed by atoms with Crippen LogP contribution in [-0.4, -0.2) is 24.6 Å².